The summed E-state index contributed by atoms with van der Waals surface area (Å²) in [5.41, 5.74) is 2.47. The number of anilines is 1. The van der Waals surface area contributed by atoms with Gasteiger partial charge in [0.2, 0.25) is 10.1 Å². The third kappa shape index (κ3) is 2.56. The maximum Gasteiger partial charge on any atom is 0.445 e. The van der Waals surface area contributed by atoms with Crippen LogP contribution in [0.5, 0.6) is 0 Å². The van der Waals surface area contributed by atoms with Crippen molar-refractivity contribution in [1.29, 1.82) is 0 Å². The molecule has 0 aliphatic heterocycles. The number of aromatic nitrogens is 2. The topological polar surface area (TPSA) is 37.8 Å². The van der Waals surface area contributed by atoms with Gasteiger partial charge in [-0.2, -0.15) is 13.2 Å². The largest absolute Gasteiger partial charge is 0.445 e. The Morgan fingerprint density at radius 1 is 1.11 bits per heavy atom. The van der Waals surface area contributed by atoms with Crippen LogP contribution in [-0.4, -0.2) is 16.2 Å². The highest BCUT2D eigenvalue weighted by atomic mass is 32.1. The zero-order valence-electron chi connectivity index (χ0n) is 9.74. The molecule has 1 aliphatic rings. The van der Waals surface area contributed by atoms with Crippen molar-refractivity contribution in [3.63, 3.8) is 0 Å². The number of benzene rings is 1. The third-order valence-corrected chi connectivity index (χ3v) is 3.95. The Balaban J connectivity index is 1.70. The van der Waals surface area contributed by atoms with Gasteiger partial charge in [0.25, 0.3) is 0 Å². The van der Waals surface area contributed by atoms with Gasteiger partial charge in [0.1, 0.15) is 0 Å². The molecule has 19 heavy (non-hydrogen) atoms. The summed E-state index contributed by atoms with van der Waals surface area (Å²) in [5, 5.41) is 9.05. The maximum atomic E-state index is 12.4. The van der Waals surface area contributed by atoms with Gasteiger partial charge in [-0.25, -0.2) is 0 Å². The summed E-state index contributed by atoms with van der Waals surface area (Å²) in [7, 11) is 0. The van der Waals surface area contributed by atoms with Gasteiger partial charge >= 0.3 is 6.18 Å². The first-order valence-corrected chi connectivity index (χ1v) is 6.58. The van der Waals surface area contributed by atoms with E-state index in [0.717, 1.165) is 12.8 Å². The molecule has 0 amide bonds. The summed E-state index contributed by atoms with van der Waals surface area (Å²) in [5.74, 6) is 0. The van der Waals surface area contributed by atoms with Crippen LogP contribution in [-0.2, 0) is 19.0 Å². The average molecular weight is 285 g/mol. The molecule has 0 unspecified atom stereocenters. The third-order valence-electron chi connectivity index (χ3n) is 3.05. The normalized spacial score (nSPS) is 15.5. The fourth-order valence-corrected chi connectivity index (χ4v) is 2.92. The van der Waals surface area contributed by atoms with Crippen molar-refractivity contribution in [1.82, 2.24) is 10.2 Å². The zero-order valence-corrected chi connectivity index (χ0v) is 10.6. The molecule has 1 aromatic heterocycles. The molecule has 0 saturated carbocycles. The van der Waals surface area contributed by atoms with Gasteiger partial charge < -0.3 is 5.32 Å². The quantitative estimate of drug-likeness (QED) is 0.921. The lowest BCUT2D eigenvalue weighted by Crippen LogP contribution is -2.19. The molecular formula is C12H10F3N3S. The first kappa shape index (κ1) is 12.4. The zero-order chi connectivity index (χ0) is 13.5. The number of rotatable bonds is 2. The monoisotopic (exact) mass is 285 g/mol. The summed E-state index contributed by atoms with van der Waals surface area (Å²) in [4.78, 5) is 0. The van der Waals surface area contributed by atoms with Crippen LogP contribution in [0.25, 0.3) is 0 Å². The van der Waals surface area contributed by atoms with Crippen molar-refractivity contribution >= 4 is 16.5 Å². The molecule has 100 valence electrons. The molecule has 1 N–H and O–H groups in total. The Hall–Kier alpha value is -1.63. The number of hydrogen-bond acceptors (Lipinski definition) is 4. The molecular weight excluding hydrogens is 275 g/mol. The van der Waals surface area contributed by atoms with Crippen LogP contribution < -0.4 is 5.32 Å². The Kier molecular flexibility index (Phi) is 2.93. The lowest BCUT2D eigenvalue weighted by Gasteiger charge is -2.09. The first-order chi connectivity index (χ1) is 9.02. The molecule has 3 nitrogen and oxygen atoms in total. The first-order valence-electron chi connectivity index (χ1n) is 5.76. The number of alkyl halides is 3. The van der Waals surface area contributed by atoms with Gasteiger partial charge in [-0.1, -0.05) is 35.6 Å². The van der Waals surface area contributed by atoms with Gasteiger partial charge in [-0.15, -0.1) is 10.2 Å². The highest BCUT2D eigenvalue weighted by Crippen LogP contribution is 2.34. The molecule has 7 heteroatoms. The van der Waals surface area contributed by atoms with E-state index in [9.17, 15) is 13.2 Å². The van der Waals surface area contributed by atoms with E-state index in [1.165, 1.54) is 11.1 Å². The summed E-state index contributed by atoms with van der Waals surface area (Å²) in [6.45, 7) is 0. The Morgan fingerprint density at radius 3 is 2.26 bits per heavy atom. The number of nitrogens with zero attached hydrogens (tertiary/aromatic N) is 2. The number of nitrogens with one attached hydrogen (secondary N) is 1. The van der Waals surface area contributed by atoms with E-state index >= 15 is 0 Å². The molecule has 0 atom stereocenters. The van der Waals surface area contributed by atoms with E-state index in [1.54, 1.807) is 0 Å². The second-order valence-corrected chi connectivity index (χ2v) is 5.41. The SMILES string of the molecule is FC(F)(F)c1nnc(NC2Cc3ccccc3C2)s1. The molecule has 0 saturated heterocycles. The fourth-order valence-electron chi connectivity index (χ4n) is 2.23. The Bertz CT molecular complexity index is 569. The van der Waals surface area contributed by atoms with Crippen LogP contribution in [0.15, 0.2) is 24.3 Å². The van der Waals surface area contributed by atoms with E-state index in [2.05, 4.69) is 15.5 Å². The van der Waals surface area contributed by atoms with Gasteiger partial charge in [0, 0.05) is 6.04 Å². The molecule has 0 fully saturated rings. The van der Waals surface area contributed by atoms with E-state index in [1.807, 2.05) is 24.3 Å². The number of halogens is 3. The molecule has 1 heterocycles. The number of fused-ring (bicyclic) bond motifs is 1. The lowest BCUT2D eigenvalue weighted by atomic mass is 10.1. The minimum Gasteiger partial charge on any atom is -0.357 e. The molecule has 0 spiro atoms. The molecule has 0 radical (unpaired) electrons. The van der Waals surface area contributed by atoms with Crippen LogP contribution >= 0.6 is 11.3 Å². The van der Waals surface area contributed by atoms with Crippen molar-refractivity contribution in [3.8, 4) is 0 Å². The van der Waals surface area contributed by atoms with Gasteiger partial charge in [-0.05, 0) is 24.0 Å². The van der Waals surface area contributed by atoms with Gasteiger partial charge in [0.15, 0.2) is 0 Å². The predicted octanol–water partition coefficient (Wildman–Crippen LogP) is 3.14. The smallest absolute Gasteiger partial charge is 0.357 e. The Morgan fingerprint density at radius 2 is 1.74 bits per heavy atom. The molecule has 1 aromatic carbocycles. The summed E-state index contributed by atoms with van der Waals surface area (Å²) in [6, 6.07) is 8.10. The van der Waals surface area contributed by atoms with Crippen molar-refractivity contribution in [2.24, 2.45) is 0 Å². The van der Waals surface area contributed by atoms with E-state index in [4.69, 9.17) is 0 Å². The highest BCUT2D eigenvalue weighted by molar-refractivity contribution is 7.15. The lowest BCUT2D eigenvalue weighted by molar-refractivity contribution is -0.138. The Labute approximate surface area is 111 Å². The van der Waals surface area contributed by atoms with Crippen LogP contribution in [0.1, 0.15) is 16.1 Å². The second kappa shape index (κ2) is 4.48. The minimum atomic E-state index is -4.42. The van der Waals surface area contributed by atoms with E-state index in [0.29, 0.717) is 11.3 Å². The van der Waals surface area contributed by atoms with Gasteiger partial charge in [0.05, 0.1) is 0 Å². The highest BCUT2D eigenvalue weighted by Gasteiger charge is 2.36. The van der Waals surface area contributed by atoms with Crippen molar-refractivity contribution in [2.75, 3.05) is 5.32 Å². The van der Waals surface area contributed by atoms with Crippen LogP contribution in [0, 0.1) is 0 Å². The minimum absolute atomic E-state index is 0.0893. The summed E-state index contributed by atoms with van der Waals surface area (Å²) >= 11 is 0.547. The maximum absolute atomic E-state index is 12.4. The molecule has 3 rings (SSSR count). The van der Waals surface area contributed by atoms with Crippen LogP contribution in [0.2, 0.25) is 0 Å². The molecule has 1 aliphatic carbocycles. The van der Waals surface area contributed by atoms with Crippen LogP contribution in [0.3, 0.4) is 0 Å². The van der Waals surface area contributed by atoms with E-state index in [-0.39, 0.29) is 11.2 Å². The van der Waals surface area contributed by atoms with Crippen molar-refractivity contribution < 1.29 is 13.2 Å². The standard InChI is InChI=1S/C12H10F3N3S/c13-12(14,15)10-17-18-11(19-10)16-9-5-7-3-1-2-4-8(7)6-9/h1-4,9H,5-6H2,(H,16,18). The summed E-state index contributed by atoms with van der Waals surface area (Å²) < 4.78 is 37.2. The average Bonchev–Trinajstić information content (AvgIpc) is 2.94. The molecule has 0 bridgehead atoms. The van der Waals surface area contributed by atoms with Gasteiger partial charge in [-0.3, -0.25) is 0 Å². The van der Waals surface area contributed by atoms with Crippen LogP contribution in [0.4, 0.5) is 18.3 Å². The van der Waals surface area contributed by atoms with Crippen molar-refractivity contribution in [3.05, 3.63) is 40.4 Å². The predicted molar refractivity (Wildman–Crippen MR) is 66.2 cm³/mol. The second-order valence-electron chi connectivity index (χ2n) is 4.43. The fraction of sp³-hybridized carbons (Fsp3) is 0.333. The van der Waals surface area contributed by atoms with Crippen molar-refractivity contribution in [2.45, 2.75) is 25.1 Å². The molecule has 2 aromatic rings. The van der Waals surface area contributed by atoms with E-state index < -0.39 is 11.2 Å². The number of hydrogen-bond donors (Lipinski definition) is 1. The summed E-state index contributed by atoms with van der Waals surface area (Å²) in [6.07, 6.45) is -2.82.